The first-order valence-electron chi connectivity index (χ1n) is 10.7. The van der Waals surface area contributed by atoms with E-state index in [0.29, 0.717) is 36.5 Å². The number of nitrogens with zero attached hydrogens (tertiary/aromatic N) is 3. The molecule has 1 aliphatic rings. The largest absolute Gasteiger partial charge is 0.491 e. The molecular weight excluding hydrogens is 392 g/mol. The molecule has 0 atom stereocenters. The highest BCUT2D eigenvalue weighted by atomic mass is 16.5. The maximum absolute atomic E-state index is 12.7. The van der Waals surface area contributed by atoms with Crippen LogP contribution in [0.5, 0.6) is 5.75 Å². The monoisotopic (exact) mass is 420 g/mol. The highest BCUT2D eigenvalue weighted by molar-refractivity contribution is 6.00. The van der Waals surface area contributed by atoms with E-state index in [-0.39, 0.29) is 24.0 Å². The SMILES string of the molecule is CC(C)Oc1ccc(CNC(=O)c2ccc3c(c2)nc2n3CCN(C(C)C)C2=O)cc1. The van der Waals surface area contributed by atoms with Crippen molar-refractivity contribution in [2.45, 2.75) is 52.9 Å². The zero-order valence-electron chi connectivity index (χ0n) is 18.4. The van der Waals surface area contributed by atoms with Crippen LogP contribution in [-0.2, 0) is 13.1 Å². The van der Waals surface area contributed by atoms with Gasteiger partial charge >= 0.3 is 0 Å². The number of hydrogen-bond acceptors (Lipinski definition) is 4. The standard InChI is InChI=1S/C24H28N4O3/c1-15(2)27-11-12-28-21-10-7-18(13-20(21)26-22(28)24(27)30)23(29)25-14-17-5-8-19(9-6-17)31-16(3)4/h5-10,13,15-16H,11-12,14H2,1-4H3,(H,25,29). The number of fused-ring (bicyclic) bond motifs is 3. The van der Waals surface area contributed by atoms with Gasteiger partial charge in [0, 0.05) is 31.2 Å². The van der Waals surface area contributed by atoms with E-state index in [1.807, 2.05) is 67.5 Å². The van der Waals surface area contributed by atoms with Gasteiger partial charge in [-0.15, -0.1) is 0 Å². The van der Waals surface area contributed by atoms with Gasteiger partial charge in [0.2, 0.25) is 0 Å². The predicted molar refractivity (Wildman–Crippen MR) is 119 cm³/mol. The summed E-state index contributed by atoms with van der Waals surface area (Å²) < 4.78 is 7.59. The molecule has 2 aromatic carbocycles. The minimum Gasteiger partial charge on any atom is -0.491 e. The van der Waals surface area contributed by atoms with Crippen molar-refractivity contribution in [1.29, 1.82) is 0 Å². The topological polar surface area (TPSA) is 76.5 Å². The van der Waals surface area contributed by atoms with Gasteiger partial charge in [-0.05, 0) is 63.6 Å². The minimum atomic E-state index is -0.175. The Morgan fingerprint density at radius 1 is 1.10 bits per heavy atom. The van der Waals surface area contributed by atoms with Crippen LogP contribution in [0.4, 0.5) is 0 Å². The van der Waals surface area contributed by atoms with E-state index >= 15 is 0 Å². The highest BCUT2D eigenvalue weighted by Crippen LogP contribution is 2.23. The molecule has 1 aromatic heterocycles. The lowest BCUT2D eigenvalue weighted by atomic mass is 10.1. The average molecular weight is 421 g/mol. The Morgan fingerprint density at radius 2 is 1.84 bits per heavy atom. The number of rotatable bonds is 6. The number of ether oxygens (including phenoxy) is 1. The quantitative estimate of drug-likeness (QED) is 0.661. The van der Waals surface area contributed by atoms with Gasteiger partial charge in [-0.25, -0.2) is 4.98 Å². The van der Waals surface area contributed by atoms with E-state index in [1.54, 1.807) is 12.1 Å². The molecule has 0 aliphatic carbocycles. The van der Waals surface area contributed by atoms with Crippen LogP contribution < -0.4 is 10.1 Å². The van der Waals surface area contributed by atoms with Gasteiger partial charge in [-0.2, -0.15) is 0 Å². The van der Waals surface area contributed by atoms with Crippen LogP contribution in [0.2, 0.25) is 0 Å². The first-order chi connectivity index (χ1) is 14.8. The number of hydrogen-bond donors (Lipinski definition) is 1. The van der Waals surface area contributed by atoms with Crippen LogP contribution in [0, 0.1) is 0 Å². The fourth-order valence-electron chi connectivity index (χ4n) is 3.83. The number of amides is 2. The van der Waals surface area contributed by atoms with Crippen LogP contribution in [0.1, 0.15) is 54.2 Å². The molecule has 1 aliphatic heterocycles. The van der Waals surface area contributed by atoms with E-state index in [0.717, 1.165) is 16.8 Å². The summed E-state index contributed by atoms with van der Waals surface area (Å²) in [5.74, 6) is 1.01. The molecule has 0 unspecified atom stereocenters. The molecule has 3 aromatic rings. The first kappa shape index (κ1) is 20.9. The van der Waals surface area contributed by atoms with Gasteiger partial charge in [-0.1, -0.05) is 12.1 Å². The molecule has 0 spiro atoms. The summed E-state index contributed by atoms with van der Waals surface area (Å²) >= 11 is 0. The van der Waals surface area contributed by atoms with Crippen LogP contribution in [0.15, 0.2) is 42.5 Å². The van der Waals surface area contributed by atoms with E-state index in [1.165, 1.54) is 0 Å². The summed E-state index contributed by atoms with van der Waals surface area (Å²) in [4.78, 5) is 31.8. The Balaban J connectivity index is 1.47. The normalized spacial score (nSPS) is 13.7. The Hall–Kier alpha value is -3.35. The van der Waals surface area contributed by atoms with Gasteiger partial charge < -0.3 is 19.5 Å². The molecule has 2 amide bonds. The zero-order valence-corrected chi connectivity index (χ0v) is 18.4. The second-order valence-corrected chi connectivity index (χ2v) is 8.38. The second-order valence-electron chi connectivity index (χ2n) is 8.38. The number of nitrogens with one attached hydrogen (secondary N) is 1. The molecule has 31 heavy (non-hydrogen) atoms. The van der Waals surface area contributed by atoms with Crippen molar-refractivity contribution in [3.05, 3.63) is 59.4 Å². The van der Waals surface area contributed by atoms with Crippen LogP contribution in [0.25, 0.3) is 11.0 Å². The molecular formula is C24H28N4O3. The van der Waals surface area contributed by atoms with Crippen molar-refractivity contribution < 1.29 is 14.3 Å². The van der Waals surface area contributed by atoms with Gasteiger partial charge in [0.1, 0.15) is 5.75 Å². The van der Waals surface area contributed by atoms with Crippen molar-refractivity contribution in [3.8, 4) is 5.75 Å². The lowest BCUT2D eigenvalue weighted by Gasteiger charge is -2.30. The van der Waals surface area contributed by atoms with Gasteiger partial charge in [0.05, 0.1) is 17.1 Å². The molecule has 4 rings (SSSR count). The highest BCUT2D eigenvalue weighted by Gasteiger charge is 2.29. The third-order valence-electron chi connectivity index (χ3n) is 5.40. The number of carbonyl (C=O) groups excluding carboxylic acids is 2. The van der Waals surface area contributed by atoms with Crippen LogP contribution >= 0.6 is 0 Å². The molecule has 0 saturated carbocycles. The first-order valence-corrected chi connectivity index (χ1v) is 10.7. The van der Waals surface area contributed by atoms with Gasteiger partial charge in [0.15, 0.2) is 5.82 Å². The molecule has 0 fully saturated rings. The average Bonchev–Trinajstić information content (AvgIpc) is 3.11. The zero-order chi connectivity index (χ0) is 22.1. The van der Waals surface area contributed by atoms with E-state index < -0.39 is 0 Å². The van der Waals surface area contributed by atoms with Crippen molar-refractivity contribution in [3.63, 3.8) is 0 Å². The molecule has 0 saturated heterocycles. The molecule has 0 radical (unpaired) electrons. The van der Waals surface area contributed by atoms with Gasteiger partial charge in [0.25, 0.3) is 11.8 Å². The summed E-state index contributed by atoms with van der Waals surface area (Å²) in [6.07, 6.45) is 0.123. The van der Waals surface area contributed by atoms with Gasteiger partial charge in [-0.3, -0.25) is 9.59 Å². The molecule has 7 nitrogen and oxygen atoms in total. The fraction of sp³-hybridized carbons (Fsp3) is 0.375. The maximum Gasteiger partial charge on any atom is 0.290 e. The van der Waals surface area contributed by atoms with Crippen molar-refractivity contribution >= 4 is 22.8 Å². The van der Waals surface area contributed by atoms with E-state index in [4.69, 9.17) is 4.74 Å². The summed E-state index contributed by atoms with van der Waals surface area (Å²) in [5.41, 5.74) is 3.05. The molecule has 0 bridgehead atoms. The van der Waals surface area contributed by atoms with Crippen LogP contribution in [-0.4, -0.2) is 45.0 Å². The van der Waals surface area contributed by atoms with E-state index in [9.17, 15) is 9.59 Å². The lowest BCUT2D eigenvalue weighted by Crippen LogP contribution is -2.44. The van der Waals surface area contributed by atoms with Crippen molar-refractivity contribution in [2.24, 2.45) is 0 Å². The summed E-state index contributed by atoms with van der Waals surface area (Å²) in [7, 11) is 0. The third kappa shape index (κ3) is 4.26. The van der Waals surface area contributed by atoms with Crippen LogP contribution in [0.3, 0.4) is 0 Å². The maximum atomic E-state index is 12.7. The second kappa shape index (κ2) is 8.41. The predicted octanol–water partition coefficient (Wildman–Crippen LogP) is 3.62. The smallest absolute Gasteiger partial charge is 0.290 e. The number of aromatic nitrogens is 2. The minimum absolute atomic E-state index is 0.0617. The molecule has 2 heterocycles. The van der Waals surface area contributed by atoms with Crippen molar-refractivity contribution in [2.75, 3.05) is 6.54 Å². The summed E-state index contributed by atoms with van der Waals surface area (Å²) in [6.45, 7) is 9.76. The fourth-order valence-corrected chi connectivity index (χ4v) is 3.83. The number of carbonyl (C=O) groups is 2. The Kier molecular flexibility index (Phi) is 5.67. The molecule has 1 N–H and O–H groups in total. The third-order valence-corrected chi connectivity index (χ3v) is 5.40. The number of benzene rings is 2. The van der Waals surface area contributed by atoms with Crippen molar-refractivity contribution in [1.82, 2.24) is 19.8 Å². The number of imidazole rings is 1. The lowest BCUT2D eigenvalue weighted by molar-refractivity contribution is 0.0643. The van der Waals surface area contributed by atoms with E-state index in [2.05, 4.69) is 10.3 Å². The summed E-state index contributed by atoms with van der Waals surface area (Å²) in [6, 6.07) is 13.2. The Morgan fingerprint density at radius 3 is 2.52 bits per heavy atom. The molecule has 162 valence electrons. The Bertz CT molecular complexity index is 1120. The summed E-state index contributed by atoms with van der Waals surface area (Å²) in [5, 5.41) is 2.94. The Labute approximate surface area is 182 Å². The molecule has 7 heteroatoms.